The predicted molar refractivity (Wildman–Crippen MR) is 182 cm³/mol. The van der Waals surface area contributed by atoms with E-state index in [1.807, 2.05) is 6.07 Å². The number of ether oxygens (including phenoxy) is 1. The van der Waals surface area contributed by atoms with Crippen LogP contribution >= 0.6 is 0 Å². The van der Waals surface area contributed by atoms with Crippen LogP contribution in [0, 0.1) is 28.6 Å². The van der Waals surface area contributed by atoms with Gasteiger partial charge < -0.3 is 34.8 Å². The topological polar surface area (TPSA) is 192 Å². The smallest absolute Gasteiger partial charge is 0.335 e. The number of carbonyl (C=O) groups excluding carboxylic acids is 2. The van der Waals surface area contributed by atoms with E-state index in [1.54, 1.807) is 6.26 Å². The van der Waals surface area contributed by atoms with Crippen molar-refractivity contribution in [3.63, 3.8) is 0 Å². The molecule has 0 saturated heterocycles. The van der Waals surface area contributed by atoms with Gasteiger partial charge in [0.05, 0.1) is 18.2 Å². The van der Waals surface area contributed by atoms with E-state index in [4.69, 9.17) is 9.15 Å². The second kappa shape index (κ2) is 15.0. The number of imidazole rings is 1. The first-order valence-corrected chi connectivity index (χ1v) is 18.6. The van der Waals surface area contributed by atoms with Crippen LogP contribution in [-0.4, -0.2) is 67.5 Å². The number of hydrogen-bond acceptors (Lipinski definition) is 9. The standard InChI is InChI=1S/C38H53N3O9/c1-36-15-13-29-30(38(36,48)17-14-28(36)24-8-11-33(44)49-21-24)10-9-25-18-27(12-16-37(25,29)22-42)50-34(45)7-5-3-2-4-6-32(43)41-31(35(46)47)19-26-20-39-23-40-26/h8,11,20-21,23,25,27-31,42,48H,2-7,9-10,12-19,22H2,1H3,(H,39,40)(H,41,43)(H,46,47). The summed E-state index contributed by atoms with van der Waals surface area (Å²) in [6.07, 6.45) is 15.2. The third kappa shape index (κ3) is 7.02. The maximum absolute atomic E-state index is 12.8. The van der Waals surface area contributed by atoms with Gasteiger partial charge in [-0.05, 0) is 111 Å². The van der Waals surface area contributed by atoms with Crippen molar-refractivity contribution in [1.29, 1.82) is 0 Å². The van der Waals surface area contributed by atoms with Crippen LogP contribution in [0.1, 0.15) is 120 Å². The minimum atomic E-state index is -1.10. The largest absolute Gasteiger partial charge is 0.480 e. The molecule has 0 radical (unpaired) electrons. The van der Waals surface area contributed by atoms with Crippen LogP contribution in [0.4, 0.5) is 0 Å². The number of nitrogens with zero attached hydrogens (tertiary/aromatic N) is 1. The molecule has 2 aromatic rings. The first-order valence-electron chi connectivity index (χ1n) is 18.6. The number of aliphatic carboxylic acids is 1. The van der Waals surface area contributed by atoms with Crippen LogP contribution in [0.2, 0.25) is 0 Å². The third-order valence-electron chi connectivity index (χ3n) is 13.4. The van der Waals surface area contributed by atoms with Gasteiger partial charge in [-0.3, -0.25) is 9.59 Å². The van der Waals surface area contributed by atoms with Crippen molar-refractivity contribution in [2.75, 3.05) is 6.61 Å². The number of aromatic nitrogens is 2. The van der Waals surface area contributed by atoms with Crippen molar-refractivity contribution in [2.24, 2.45) is 28.6 Å². The van der Waals surface area contributed by atoms with Crippen LogP contribution < -0.4 is 10.9 Å². The van der Waals surface area contributed by atoms with Gasteiger partial charge in [0, 0.05) is 49.2 Å². The molecule has 0 bridgehead atoms. The van der Waals surface area contributed by atoms with Gasteiger partial charge in [0.15, 0.2) is 0 Å². The molecule has 6 rings (SSSR count). The number of nitrogens with one attached hydrogen (secondary N) is 2. The molecule has 9 atom stereocenters. The summed E-state index contributed by atoms with van der Waals surface area (Å²) in [5.41, 5.74) is -0.219. The van der Waals surface area contributed by atoms with Crippen molar-refractivity contribution < 1.29 is 38.9 Å². The molecule has 4 aliphatic carbocycles. The Labute approximate surface area is 292 Å². The van der Waals surface area contributed by atoms with Crippen LogP contribution in [0.25, 0.3) is 0 Å². The quantitative estimate of drug-likeness (QED) is 0.137. The van der Waals surface area contributed by atoms with E-state index in [1.165, 1.54) is 18.6 Å². The Morgan fingerprint density at radius 3 is 2.54 bits per heavy atom. The Bertz CT molecular complexity index is 1540. The van der Waals surface area contributed by atoms with Gasteiger partial charge in [-0.15, -0.1) is 0 Å². The van der Waals surface area contributed by atoms with Crippen LogP contribution in [0.5, 0.6) is 0 Å². The zero-order valence-electron chi connectivity index (χ0n) is 29.1. The Kier molecular flexibility index (Phi) is 10.9. The summed E-state index contributed by atoms with van der Waals surface area (Å²) >= 11 is 0. The van der Waals surface area contributed by atoms with Crippen molar-refractivity contribution in [3.05, 3.63) is 52.6 Å². The van der Waals surface area contributed by atoms with Crippen LogP contribution in [0.15, 0.2) is 40.1 Å². The van der Waals surface area contributed by atoms with Crippen molar-refractivity contribution >= 4 is 17.8 Å². The second-order valence-electron chi connectivity index (χ2n) is 15.8. The first-order chi connectivity index (χ1) is 24.0. The van der Waals surface area contributed by atoms with E-state index in [-0.39, 0.29) is 77.6 Å². The number of esters is 1. The Hall–Kier alpha value is -3.51. The lowest BCUT2D eigenvalue weighted by molar-refractivity contribution is -0.219. The molecule has 12 heteroatoms. The molecule has 2 heterocycles. The van der Waals surface area contributed by atoms with Gasteiger partial charge in [0.2, 0.25) is 5.91 Å². The molecule has 50 heavy (non-hydrogen) atoms. The van der Waals surface area contributed by atoms with E-state index in [0.29, 0.717) is 37.8 Å². The number of aliphatic hydroxyl groups is 2. The van der Waals surface area contributed by atoms with Gasteiger partial charge in [-0.1, -0.05) is 19.8 Å². The van der Waals surface area contributed by atoms with Crippen molar-refractivity contribution in [1.82, 2.24) is 15.3 Å². The zero-order chi connectivity index (χ0) is 35.5. The number of aromatic amines is 1. The first kappa shape index (κ1) is 36.3. The number of unbranched alkanes of at least 4 members (excludes halogenated alkanes) is 3. The summed E-state index contributed by atoms with van der Waals surface area (Å²) in [6.45, 7) is 2.29. The number of hydrogen-bond donors (Lipinski definition) is 5. The number of aliphatic hydroxyl groups excluding tert-OH is 1. The average Bonchev–Trinajstić information content (AvgIpc) is 3.71. The molecule has 4 fully saturated rings. The van der Waals surface area contributed by atoms with E-state index >= 15 is 0 Å². The number of fused-ring (bicyclic) bond motifs is 5. The molecule has 0 spiro atoms. The van der Waals surface area contributed by atoms with E-state index < -0.39 is 17.6 Å². The summed E-state index contributed by atoms with van der Waals surface area (Å²) < 4.78 is 11.2. The number of rotatable bonds is 14. The second-order valence-corrected chi connectivity index (χ2v) is 15.8. The third-order valence-corrected chi connectivity index (χ3v) is 13.4. The highest BCUT2D eigenvalue weighted by Crippen LogP contribution is 2.70. The Morgan fingerprint density at radius 1 is 1.04 bits per heavy atom. The van der Waals surface area contributed by atoms with Crippen LogP contribution in [-0.2, 0) is 25.5 Å². The summed E-state index contributed by atoms with van der Waals surface area (Å²) in [4.78, 5) is 55.0. The molecule has 2 aromatic heterocycles. The van der Waals surface area contributed by atoms with Gasteiger partial charge in [0.1, 0.15) is 12.1 Å². The average molecular weight is 696 g/mol. The molecule has 1 amide bonds. The molecule has 0 aromatic carbocycles. The fourth-order valence-electron chi connectivity index (χ4n) is 10.7. The highest BCUT2D eigenvalue weighted by molar-refractivity contribution is 5.83. The van der Waals surface area contributed by atoms with E-state index in [9.17, 15) is 34.5 Å². The van der Waals surface area contributed by atoms with E-state index in [0.717, 1.165) is 63.4 Å². The lowest BCUT2D eigenvalue weighted by atomic mass is 9.43. The maximum atomic E-state index is 12.8. The summed E-state index contributed by atoms with van der Waals surface area (Å²) in [7, 11) is 0. The molecule has 0 aliphatic heterocycles. The van der Waals surface area contributed by atoms with Crippen LogP contribution in [0.3, 0.4) is 0 Å². The summed E-state index contributed by atoms with van der Waals surface area (Å²) in [5, 5.41) is 35.5. The Morgan fingerprint density at radius 2 is 1.84 bits per heavy atom. The maximum Gasteiger partial charge on any atom is 0.335 e. The van der Waals surface area contributed by atoms with Crippen molar-refractivity contribution in [3.8, 4) is 0 Å². The molecule has 4 saturated carbocycles. The summed E-state index contributed by atoms with van der Waals surface area (Å²) in [5.74, 6) is -0.963. The molecule has 5 N–H and O–H groups in total. The van der Waals surface area contributed by atoms with Gasteiger partial charge >= 0.3 is 17.6 Å². The highest BCUT2D eigenvalue weighted by Gasteiger charge is 2.68. The number of amides is 1. The zero-order valence-corrected chi connectivity index (χ0v) is 29.1. The molecule has 4 aliphatic rings. The number of carbonyl (C=O) groups is 3. The fourth-order valence-corrected chi connectivity index (χ4v) is 10.7. The van der Waals surface area contributed by atoms with Gasteiger partial charge in [0.25, 0.3) is 0 Å². The molecular weight excluding hydrogens is 642 g/mol. The predicted octanol–water partition coefficient (Wildman–Crippen LogP) is 4.64. The lowest BCUT2D eigenvalue weighted by Gasteiger charge is -2.64. The monoisotopic (exact) mass is 695 g/mol. The molecule has 12 nitrogen and oxygen atoms in total. The Balaban J connectivity index is 0.941. The number of carboxylic acid groups (broad SMARTS) is 1. The molecule has 9 unspecified atom stereocenters. The van der Waals surface area contributed by atoms with Gasteiger partial charge in [-0.25, -0.2) is 14.6 Å². The highest BCUT2D eigenvalue weighted by atomic mass is 16.5. The molecular formula is C38H53N3O9. The number of H-pyrrole nitrogens is 1. The van der Waals surface area contributed by atoms with Crippen molar-refractivity contribution in [2.45, 2.75) is 133 Å². The lowest BCUT2D eigenvalue weighted by Crippen LogP contribution is -2.63. The van der Waals surface area contributed by atoms with Gasteiger partial charge in [-0.2, -0.15) is 0 Å². The number of carboxylic acids is 1. The SMILES string of the molecule is CC12CCC3C(CCC4CC(OC(=O)CCCCCCC(=O)NC(Cc5cnc[nH]5)C(=O)O)CCC43CO)C1(O)CCC2c1ccc(=O)oc1. The minimum absolute atomic E-state index is 0.0821. The normalized spacial score (nSPS) is 33.8. The molecule has 274 valence electrons. The van der Waals surface area contributed by atoms with E-state index in [2.05, 4.69) is 22.2 Å². The fraction of sp³-hybridized carbons (Fsp3) is 0.711. The summed E-state index contributed by atoms with van der Waals surface area (Å²) in [6, 6.07) is 2.30. The minimum Gasteiger partial charge on any atom is -0.480 e.